The number of primary sulfonamides is 1. The Balaban J connectivity index is 2.92. The van der Waals surface area contributed by atoms with E-state index in [2.05, 4.69) is 5.73 Å². The molecule has 1 aromatic rings. The lowest BCUT2D eigenvalue weighted by Gasteiger charge is -1.89. The van der Waals surface area contributed by atoms with Crippen molar-refractivity contribution in [3.05, 3.63) is 17.0 Å². The first kappa shape index (κ1) is 9.66. The van der Waals surface area contributed by atoms with Crippen molar-refractivity contribution in [2.45, 2.75) is 10.6 Å². The van der Waals surface area contributed by atoms with Crippen LogP contribution in [0.3, 0.4) is 0 Å². The average molecular weight is 207 g/mol. The van der Waals surface area contributed by atoms with E-state index >= 15 is 0 Å². The maximum Gasteiger partial charge on any atom is 0.247 e. The van der Waals surface area contributed by atoms with E-state index in [0.717, 1.165) is 17.8 Å². The van der Waals surface area contributed by atoms with Gasteiger partial charge in [0.25, 0.3) is 0 Å². The smallest absolute Gasteiger partial charge is 0.247 e. The van der Waals surface area contributed by atoms with Crippen LogP contribution < -0.4 is 10.9 Å². The Hall–Kier alpha value is -0.430. The minimum atomic E-state index is -3.50. The molecule has 1 aromatic heterocycles. The van der Waals surface area contributed by atoms with Crippen LogP contribution in [-0.4, -0.2) is 15.0 Å². The minimum Gasteiger partial charge on any atom is -0.357 e. The molecule has 0 aliphatic rings. The van der Waals surface area contributed by atoms with E-state index < -0.39 is 10.0 Å². The average Bonchev–Trinajstić information content (AvgIpc) is 2.35. The second-order valence-corrected chi connectivity index (χ2v) is 5.33. The summed E-state index contributed by atoms with van der Waals surface area (Å²) in [6, 6.07) is 3.31. The lowest BCUT2D eigenvalue weighted by atomic mass is 10.3. The van der Waals surface area contributed by atoms with E-state index in [1.165, 1.54) is 17.4 Å². The van der Waals surface area contributed by atoms with E-state index in [4.69, 9.17) is 5.14 Å². The number of hydrogen-bond donors (Lipinski definition) is 2. The van der Waals surface area contributed by atoms with Gasteiger partial charge >= 0.3 is 0 Å². The molecule has 0 aliphatic heterocycles. The third kappa shape index (κ3) is 2.28. The molecule has 0 amide bonds. The molecule has 0 saturated carbocycles. The second kappa shape index (κ2) is 3.53. The SMILES string of the molecule is NS(=O)(=O)c1ccc(CC[NH3+])s1. The summed E-state index contributed by atoms with van der Waals surface area (Å²) in [7, 11) is -3.50. The zero-order valence-electron chi connectivity index (χ0n) is 6.49. The Kier molecular flexibility index (Phi) is 2.84. The highest BCUT2D eigenvalue weighted by molar-refractivity contribution is 7.91. The van der Waals surface area contributed by atoms with Crippen LogP contribution in [0.5, 0.6) is 0 Å². The summed E-state index contributed by atoms with van der Waals surface area (Å²) < 4.78 is 21.9. The lowest BCUT2D eigenvalue weighted by Crippen LogP contribution is -2.51. The summed E-state index contributed by atoms with van der Waals surface area (Å²) in [5.74, 6) is 0. The quantitative estimate of drug-likeness (QED) is 0.678. The van der Waals surface area contributed by atoms with E-state index in [9.17, 15) is 8.42 Å². The van der Waals surface area contributed by atoms with Crippen LogP contribution in [0.25, 0.3) is 0 Å². The van der Waals surface area contributed by atoms with Crippen molar-refractivity contribution in [1.29, 1.82) is 0 Å². The summed E-state index contributed by atoms with van der Waals surface area (Å²) >= 11 is 1.21. The molecular weight excluding hydrogens is 196 g/mol. The van der Waals surface area contributed by atoms with Gasteiger partial charge in [-0.05, 0) is 12.1 Å². The van der Waals surface area contributed by atoms with Gasteiger partial charge in [-0.25, -0.2) is 13.6 Å². The summed E-state index contributed by atoms with van der Waals surface area (Å²) in [6.07, 6.45) is 0.806. The number of thiophene rings is 1. The van der Waals surface area contributed by atoms with Gasteiger partial charge in [0, 0.05) is 11.3 Å². The van der Waals surface area contributed by atoms with Crippen molar-refractivity contribution < 1.29 is 14.2 Å². The van der Waals surface area contributed by atoms with Crippen LogP contribution in [0.2, 0.25) is 0 Å². The minimum absolute atomic E-state index is 0.228. The standard InChI is InChI=1S/C6H10N2O2S2/c7-4-3-5-1-2-6(11-5)12(8,9)10/h1-2H,3-4,7H2,(H2,8,9,10)/p+1. The molecule has 0 spiro atoms. The van der Waals surface area contributed by atoms with Gasteiger partial charge in [-0.1, -0.05) is 0 Å². The van der Waals surface area contributed by atoms with Crippen molar-refractivity contribution in [2.75, 3.05) is 6.54 Å². The van der Waals surface area contributed by atoms with Crippen molar-refractivity contribution in [3.63, 3.8) is 0 Å². The van der Waals surface area contributed by atoms with Gasteiger partial charge in [0.2, 0.25) is 10.0 Å². The Morgan fingerprint density at radius 1 is 1.50 bits per heavy atom. The maximum absolute atomic E-state index is 10.8. The molecule has 0 saturated heterocycles. The van der Waals surface area contributed by atoms with E-state index in [-0.39, 0.29) is 4.21 Å². The molecule has 0 aliphatic carbocycles. The lowest BCUT2D eigenvalue weighted by molar-refractivity contribution is -0.366. The van der Waals surface area contributed by atoms with Gasteiger partial charge < -0.3 is 5.73 Å². The first-order valence-electron chi connectivity index (χ1n) is 3.45. The molecule has 4 nitrogen and oxygen atoms in total. The number of nitrogens with two attached hydrogens (primary N) is 1. The Morgan fingerprint density at radius 2 is 2.17 bits per heavy atom. The molecule has 0 atom stereocenters. The molecule has 12 heavy (non-hydrogen) atoms. The van der Waals surface area contributed by atoms with Crippen LogP contribution in [-0.2, 0) is 16.4 Å². The van der Waals surface area contributed by atoms with E-state index in [1.807, 2.05) is 0 Å². The predicted octanol–water partition coefficient (Wildman–Crippen LogP) is -0.820. The van der Waals surface area contributed by atoms with Gasteiger partial charge in [-0.2, -0.15) is 0 Å². The van der Waals surface area contributed by atoms with Crippen LogP contribution in [0.15, 0.2) is 16.3 Å². The maximum atomic E-state index is 10.8. The number of hydrogen-bond acceptors (Lipinski definition) is 3. The molecule has 5 N–H and O–H groups in total. The predicted molar refractivity (Wildman–Crippen MR) is 47.2 cm³/mol. The fraction of sp³-hybridized carbons (Fsp3) is 0.333. The molecule has 0 aromatic carbocycles. The summed E-state index contributed by atoms with van der Waals surface area (Å²) in [5, 5.41) is 4.93. The first-order valence-corrected chi connectivity index (χ1v) is 5.81. The highest BCUT2D eigenvalue weighted by Gasteiger charge is 2.10. The monoisotopic (exact) mass is 207 g/mol. The number of sulfonamides is 1. The van der Waals surface area contributed by atoms with Crippen molar-refractivity contribution in [3.8, 4) is 0 Å². The van der Waals surface area contributed by atoms with Crippen LogP contribution >= 0.6 is 11.3 Å². The van der Waals surface area contributed by atoms with Gasteiger partial charge in [0.15, 0.2) is 0 Å². The molecule has 1 heterocycles. The molecular formula is C6H11N2O2S2+. The molecule has 1 rings (SSSR count). The van der Waals surface area contributed by atoms with Crippen LogP contribution in [0.4, 0.5) is 0 Å². The van der Waals surface area contributed by atoms with E-state index in [0.29, 0.717) is 0 Å². The number of rotatable bonds is 3. The molecule has 0 radical (unpaired) electrons. The van der Waals surface area contributed by atoms with Gasteiger partial charge in [-0.3, -0.25) is 0 Å². The fourth-order valence-electron chi connectivity index (χ4n) is 0.820. The van der Waals surface area contributed by atoms with Crippen molar-refractivity contribution >= 4 is 21.4 Å². The molecule has 68 valence electrons. The Bertz CT molecular complexity index is 355. The second-order valence-electron chi connectivity index (χ2n) is 2.37. The van der Waals surface area contributed by atoms with E-state index in [1.54, 1.807) is 6.07 Å². The van der Waals surface area contributed by atoms with Crippen LogP contribution in [0.1, 0.15) is 4.88 Å². The van der Waals surface area contributed by atoms with Gasteiger partial charge in [-0.15, -0.1) is 11.3 Å². The topological polar surface area (TPSA) is 87.8 Å². The molecule has 0 unspecified atom stereocenters. The fourth-order valence-corrected chi connectivity index (χ4v) is 2.64. The molecule has 0 bridgehead atoms. The third-order valence-electron chi connectivity index (χ3n) is 1.34. The van der Waals surface area contributed by atoms with Crippen molar-refractivity contribution in [1.82, 2.24) is 0 Å². The summed E-state index contributed by atoms with van der Waals surface area (Å²) in [4.78, 5) is 1.01. The Morgan fingerprint density at radius 3 is 2.58 bits per heavy atom. The van der Waals surface area contributed by atoms with Crippen molar-refractivity contribution in [2.24, 2.45) is 5.14 Å². The summed E-state index contributed by atoms with van der Waals surface area (Å²) in [5.41, 5.74) is 3.68. The van der Waals surface area contributed by atoms with Crippen LogP contribution in [0, 0.1) is 0 Å². The Labute approximate surface area is 75.2 Å². The molecule has 0 fully saturated rings. The highest BCUT2D eigenvalue weighted by atomic mass is 32.2. The van der Waals surface area contributed by atoms with Gasteiger partial charge in [0.05, 0.1) is 6.54 Å². The first-order chi connectivity index (χ1) is 5.54. The largest absolute Gasteiger partial charge is 0.357 e. The zero-order chi connectivity index (χ0) is 9.19. The number of quaternary nitrogens is 1. The third-order valence-corrected chi connectivity index (χ3v) is 3.92. The van der Waals surface area contributed by atoms with Gasteiger partial charge in [0.1, 0.15) is 4.21 Å². The molecule has 6 heteroatoms. The highest BCUT2D eigenvalue weighted by Crippen LogP contribution is 2.19. The summed E-state index contributed by atoms with van der Waals surface area (Å²) in [6.45, 7) is 0.768. The normalized spacial score (nSPS) is 11.8. The zero-order valence-corrected chi connectivity index (χ0v) is 8.12.